The predicted molar refractivity (Wildman–Crippen MR) is 72.3 cm³/mol. The number of carbonyl (C=O) groups excluding carboxylic acids is 1. The van der Waals surface area contributed by atoms with E-state index in [0.717, 1.165) is 0 Å². The van der Waals surface area contributed by atoms with Gasteiger partial charge in [0.15, 0.2) is 5.82 Å². The number of hydrogen-bond acceptors (Lipinski definition) is 3. The highest BCUT2D eigenvalue weighted by atomic mass is 19.1. The molecule has 0 atom stereocenters. The summed E-state index contributed by atoms with van der Waals surface area (Å²) in [6.07, 6.45) is 0. The van der Waals surface area contributed by atoms with Crippen LogP contribution in [0.15, 0.2) is 24.3 Å². The highest BCUT2D eigenvalue weighted by Gasteiger charge is 2.07. The zero-order chi connectivity index (χ0) is 14.5. The predicted octanol–water partition coefficient (Wildman–Crippen LogP) is 1.82. The molecule has 0 saturated carbocycles. The maximum atomic E-state index is 12.8. The molecule has 2 rings (SSSR count). The van der Waals surface area contributed by atoms with E-state index < -0.39 is 0 Å². The number of halogens is 1. The molecule has 1 heterocycles. The molecule has 0 saturated heterocycles. The van der Waals surface area contributed by atoms with Gasteiger partial charge in [0.25, 0.3) is 0 Å². The molecule has 0 bridgehead atoms. The van der Waals surface area contributed by atoms with Gasteiger partial charge in [-0.3, -0.25) is 5.10 Å². The van der Waals surface area contributed by atoms with Crippen LogP contribution in [0, 0.1) is 5.82 Å². The zero-order valence-electron chi connectivity index (χ0n) is 11.3. The molecular weight excluding hydrogens is 261 g/mol. The van der Waals surface area contributed by atoms with Gasteiger partial charge in [-0.05, 0) is 38.1 Å². The summed E-state index contributed by atoms with van der Waals surface area (Å²) in [6.45, 7) is 3.99. The number of aromatic nitrogens is 3. The van der Waals surface area contributed by atoms with E-state index >= 15 is 0 Å². The highest BCUT2D eigenvalue weighted by molar-refractivity contribution is 5.73. The van der Waals surface area contributed by atoms with Gasteiger partial charge in [-0.2, -0.15) is 5.10 Å². The number of hydrogen-bond donors (Lipinski definition) is 3. The lowest BCUT2D eigenvalue weighted by Gasteiger charge is -2.08. The third-order valence-electron chi connectivity index (χ3n) is 2.47. The Hall–Kier alpha value is -2.44. The Balaban J connectivity index is 1.95. The van der Waals surface area contributed by atoms with Crippen molar-refractivity contribution >= 4 is 6.03 Å². The molecule has 0 radical (unpaired) electrons. The molecule has 1 aromatic heterocycles. The van der Waals surface area contributed by atoms with Gasteiger partial charge in [-0.15, -0.1) is 0 Å². The Morgan fingerprint density at radius 2 is 2.05 bits per heavy atom. The van der Waals surface area contributed by atoms with Gasteiger partial charge in [-0.25, -0.2) is 14.2 Å². The Morgan fingerprint density at radius 3 is 2.70 bits per heavy atom. The van der Waals surface area contributed by atoms with Crippen molar-refractivity contribution in [3.8, 4) is 11.4 Å². The summed E-state index contributed by atoms with van der Waals surface area (Å²) in [6, 6.07) is 5.70. The molecule has 6 nitrogen and oxygen atoms in total. The van der Waals surface area contributed by atoms with Crippen LogP contribution in [0.5, 0.6) is 0 Å². The topological polar surface area (TPSA) is 82.7 Å². The van der Waals surface area contributed by atoms with Crippen LogP contribution < -0.4 is 10.6 Å². The van der Waals surface area contributed by atoms with Crippen molar-refractivity contribution in [2.75, 3.05) is 0 Å². The number of carbonyl (C=O) groups is 1. The molecule has 0 aliphatic rings. The third kappa shape index (κ3) is 3.78. The van der Waals surface area contributed by atoms with Crippen LogP contribution in [-0.2, 0) is 6.54 Å². The van der Waals surface area contributed by atoms with E-state index in [1.54, 1.807) is 12.1 Å². The van der Waals surface area contributed by atoms with Gasteiger partial charge < -0.3 is 10.6 Å². The summed E-state index contributed by atoms with van der Waals surface area (Å²) in [5.74, 6) is 0.686. The van der Waals surface area contributed by atoms with E-state index in [1.165, 1.54) is 12.1 Å². The molecule has 0 aliphatic heterocycles. The fraction of sp³-hybridized carbons (Fsp3) is 0.308. The van der Waals surface area contributed by atoms with Crippen molar-refractivity contribution in [2.24, 2.45) is 0 Å². The molecule has 0 unspecified atom stereocenters. The molecule has 2 aromatic rings. The standard InChI is InChI=1S/C13H16FN5O/c1-8(2)16-13(20)15-7-11-17-12(19-18-11)9-3-5-10(14)6-4-9/h3-6,8H,7H2,1-2H3,(H2,15,16,20)(H,17,18,19). The zero-order valence-corrected chi connectivity index (χ0v) is 11.3. The molecule has 1 aromatic carbocycles. The van der Waals surface area contributed by atoms with Crippen LogP contribution >= 0.6 is 0 Å². The molecule has 2 amide bonds. The molecule has 3 N–H and O–H groups in total. The van der Waals surface area contributed by atoms with Crippen molar-refractivity contribution in [3.63, 3.8) is 0 Å². The van der Waals surface area contributed by atoms with Crippen LogP contribution in [0.3, 0.4) is 0 Å². The molecule has 0 fully saturated rings. The quantitative estimate of drug-likeness (QED) is 0.797. The smallest absolute Gasteiger partial charge is 0.315 e. The Kier molecular flexibility index (Phi) is 4.29. The summed E-state index contributed by atoms with van der Waals surface area (Å²) in [4.78, 5) is 15.6. The van der Waals surface area contributed by atoms with E-state index in [0.29, 0.717) is 17.2 Å². The first-order chi connectivity index (χ1) is 9.54. The average molecular weight is 277 g/mol. The van der Waals surface area contributed by atoms with Gasteiger partial charge in [-0.1, -0.05) is 0 Å². The van der Waals surface area contributed by atoms with Gasteiger partial charge >= 0.3 is 6.03 Å². The fourth-order valence-electron chi connectivity index (χ4n) is 1.58. The SMILES string of the molecule is CC(C)NC(=O)NCc1nc(-c2ccc(F)cc2)n[nH]1. The highest BCUT2D eigenvalue weighted by Crippen LogP contribution is 2.14. The van der Waals surface area contributed by atoms with Gasteiger partial charge in [0.1, 0.15) is 11.6 Å². The van der Waals surface area contributed by atoms with Gasteiger partial charge in [0.2, 0.25) is 0 Å². The Morgan fingerprint density at radius 1 is 1.35 bits per heavy atom. The second-order valence-corrected chi connectivity index (χ2v) is 4.59. The Labute approximate surface area is 115 Å². The summed E-state index contributed by atoms with van der Waals surface area (Å²) >= 11 is 0. The number of aromatic amines is 1. The number of rotatable bonds is 4. The van der Waals surface area contributed by atoms with E-state index in [4.69, 9.17) is 0 Å². The van der Waals surface area contributed by atoms with Gasteiger partial charge in [0, 0.05) is 11.6 Å². The molecule has 20 heavy (non-hydrogen) atoms. The van der Waals surface area contributed by atoms with Crippen LogP contribution in [0.2, 0.25) is 0 Å². The molecule has 0 spiro atoms. The Bertz CT molecular complexity index is 579. The molecule has 7 heteroatoms. The number of amides is 2. The third-order valence-corrected chi connectivity index (χ3v) is 2.47. The van der Waals surface area contributed by atoms with Crippen molar-refractivity contribution < 1.29 is 9.18 Å². The van der Waals surface area contributed by atoms with Crippen molar-refractivity contribution in [1.82, 2.24) is 25.8 Å². The second-order valence-electron chi connectivity index (χ2n) is 4.59. The van der Waals surface area contributed by atoms with E-state index in [9.17, 15) is 9.18 Å². The first-order valence-corrected chi connectivity index (χ1v) is 6.26. The minimum atomic E-state index is -0.309. The van der Waals surface area contributed by atoms with E-state index in [1.807, 2.05) is 13.8 Å². The number of nitrogens with one attached hydrogen (secondary N) is 3. The lowest BCUT2D eigenvalue weighted by atomic mass is 10.2. The number of urea groups is 1. The molecular formula is C13H16FN5O. The minimum absolute atomic E-state index is 0.0690. The monoisotopic (exact) mass is 277 g/mol. The number of H-pyrrole nitrogens is 1. The number of benzene rings is 1. The van der Waals surface area contributed by atoms with E-state index in [2.05, 4.69) is 25.8 Å². The van der Waals surface area contributed by atoms with Gasteiger partial charge in [0.05, 0.1) is 6.54 Å². The first kappa shape index (κ1) is 14.0. The number of nitrogens with zero attached hydrogens (tertiary/aromatic N) is 2. The average Bonchev–Trinajstić information content (AvgIpc) is 2.85. The largest absolute Gasteiger partial charge is 0.336 e. The molecule has 106 valence electrons. The van der Waals surface area contributed by atoms with Crippen molar-refractivity contribution in [1.29, 1.82) is 0 Å². The summed E-state index contributed by atoms with van der Waals surface area (Å²) in [5.41, 5.74) is 0.709. The van der Waals surface area contributed by atoms with Crippen LogP contribution in [0.4, 0.5) is 9.18 Å². The summed E-state index contributed by atoms with van der Waals surface area (Å²) in [5, 5.41) is 12.1. The lowest BCUT2D eigenvalue weighted by molar-refractivity contribution is 0.238. The van der Waals surface area contributed by atoms with Crippen LogP contribution in [0.25, 0.3) is 11.4 Å². The van der Waals surface area contributed by atoms with Crippen molar-refractivity contribution in [2.45, 2.75) is 26.4 Å². The summed E-state index contributed by atoms with van der Waals surface area (Å²) < 4.78 is 12.8. The summed E-state index contributed by atoms with van der Waals surface area (Å²) in [7, 11) is 0. The second kappa shape index (κ2) is 6.14. The lowest BCUT2D eigenvalue weighted by Crippen LogP contribution is -2.39. The first-order valence-electron chi connectivity index (χ1n) is 6.26. The van der Waals surface area contributed by atoms with Crippen molar-refractivity contribution in [3.05, 3.63) is 35.9 Å². The normalized spacial score (nSPS) is 10.6. The minimum Gasteiger partial charge on any atom is -0.336 e. The molecule has 0 aliphatic carbocycles. The fourth-order valence-corrected chi connectivity index (χ4v) is 1.58. The van der Waals surface area contributed by atoms with Crippen LogP contribution in [-0.4, -0.2) is 27.3 Å². The maximum absolute atomic E-state index is 12.8. The van der Waals surface area contributed by atoms with Crippen LogP contribution in [0.1, 0.15) is 19.7 Å². The van der Waals surface area contributed by atoms with E-state index in [-0.39, 0.29) is 24.4 Å². The maximum Gasteiger partial charge on any atom is 0.315 e.